The lowest BCUT2D eigenvalue weighted by Gasteiger charge is -2.18. The Kier molecular flexibility index (Phi) is 4.53. The van der Waals surface area contributed by atoms with Crippen LogP contribution in [0.3, 0.4) is 0 Å². The molecule has 0 aliphatic carbocycles. The number of nitrogen functional groups attached to an aromatic ring is 1. The predicted molar refractivity (Wildman–Crippen MR) is 78.3 cm³/mol. The van der Waals surface area contributed by atoms with E-state index in [1.165, 1.54) is 18.3 Å². The Labute approximate surface area is 120 Å². The number of nitrogens with two attached hydrogens (primary N) is 1. The molecule has 0 spiro atoms. The summed E-state index contributed by atoms with van der Waals surface area (Å²) in [5, 5.41) is 23.1. The fourth-order valence-electron chi connectivity index (χ4n) is 1.92. The molecule has 1 aromatic heterocycles. The van der Waals surface area contributed by atoms with Crippen molar-refractivity contribution in [3.63, 3.8) is 0 Å². The van der Waals surface area contributed by atoms with E-state index in [1.807, 2.05) is 0 Å². The summed E-state index contributed by atoms with van der Waals surface area (Å²) in [5.41, 5.74) is 7.01. The van der Waals surface area contributed by atoms with Crippen molar-refractivity contribution in [2.75, 3.05) is 12.3 Å². The van der Waals surface area contributed by atoms with Gasteiger partial charge in [-0.25, -0.2) is 4.98 Å². The number of amides is 1. The lowest BCUT2D eigenvalue weighted by Crippen LogP contribution is -2.27. The van der Waals surface area contributed by atoms with Gasteiger partial charge in [-0.05, 0) is 24.1 Å². The van der Waals surface area contributed by atoms with E-state index in [2.05, 4.69) is 10.3 Å². The molecule has 0 bridgehead atoms. The second-order valence-electron chi connectivity index (χ2n) is 4.56. The number of anilines is 1. The van der Waals surface area contributed by atoms with E-state index in [1.54, 1.807) is 18.2 Å². The summed E-state index contributed by atoms with van der Waals surface area (Å²) in [6.45, 7) is 1.73. The van der Waals surface area contributed by atoms with Crippen LogP contribution in [0.4, 0.5) is 5.13 Å². The van der Waals surface area contributed by atoms with Gasteiger partial charge >= 0.3 is 0 Å². The van der Waals surface area contributed by atoms with Crippen LogP contribution in [0.1, 0.15) is 25.0 Å². The van der Waals surface area contributed by atoms with E-state index in [4.69, 9.17) is 5.73 Å². The van der Waals surface area contributed by atoms with Crippen molar-refractivity contribution in [1.82, 2.24) is 10.3 Å². The van der Waals surface area contributed by atoms with Gasteiger partial charge in [-0.15, -0.1) is 0 Å². The Morgan fingerprint density at radius 3 is 2.95 bits per heavy atom. The number of hydrogen-bond donors (Lipinski definition) is 4. The molecule has 0 saturated carbocycles. The van der Waals surface area contributed by atoms with Gasteiger partial charge in [0.05, 0.1) is 16.3 Å². The average Bonchev–Trinajstić information content (AvgIpc) is 2.76. The largest absolute Gasteiger partial charge is 0.390 e. The first-order chi connectivity index (χ1) is 9.47. The summed E-state index contributed by atoms with van der Waals surface area (Å²) in [4.78, 5) is 14.9. The lowest BCUT2D eigenvalue weighted by molar-refractivity contribution is -0.119. The summed E-state index contributed by atoms with van der Waals surface area (Å²) in [6.07, 6.45) is -1.66. The van der Waals surface area contributed by atoms with Gasteiger partial charge < -0.3 is 21.3 Å². The fraction of sp³-hybridized carbons (Fsp3) is 0.385. The number of fused-ring (bicyclic) bond motifs is 1. The van der Waals surface area contributed by atoms with Gasteiger partial charge in [-0.3, -0.25) is 4.79 Å². The van der Waals surface area contributed by atoms with E-state index in [9.17, 15) is 15.0 Å². The number of thiazole rings is 1. The van der Waals surface area contributed by atoms with E-state index < -0.39 is 12.2 Å². The third-order valence-corrected chi connectivity index (χ3v) is 3.80. The Morgan fingerprint density at radius 1 is 1.50 bits per heavy atom. The van der Waals surface area contributed by atoms with Gasteiger partial charge in [-0.2, -0.15) is 0 Å². The summed E-state index contributed by atoms with van der Waals surface area (Å²) in [5.74, 6) is -0.159. The van der Waals surface area contributed by atoms with Crippen LogP contribution in [0.5, 0.6) is 0 Å². The maximum Gasteiger partial charge on any atom is 0.216 e. The van der Waals surface area contributed by atoms with Crippen LogP contribution < -0.4 is 11.1 Å². The molecule has 0 fully saturated rings. The normalized spacial score (nSPS) is 14.2. The molecule has 0 radical (unpaired) electrons. The van der Waals surface area contributed by atoms with Gasteiger partial charge in [0.15, 0.2) is 5.13 Å². The molecule has 2 aromatic rings. The number of aromatic nitrogens is 1. The highest BCUT2D eigenvalue weighted by atomic mass is 32.1. The Morgan fingerprint density at radius 2 is 2.25 bits per heavy atom. The average molecular weight is 295 g/mol. The van der Waals surface area contributed by atoms with Gasteiger partial charge in [0.1, 0.15) is 6.10 Å². The minimum atomic E-state index is -1.00. The molecule has 108 valence electrons. The highest BCUT2D eigenvalue weighted by Gasteiger charge is 2.19. The van der Waals surface area contributed by atoms with Crippen LogP contribution in [0.15, 0.2) is 18.2 Å². The molecule has 0 aliphatic heterocycles. The number of hydrogen-bond acceptors (Lipinski definition) is 6. The minimum absolute atomic E-state index is 0.159. The zero-order valence-electron chi connectivity index (χ0n) is 11.0. The Bertz CT molecular complexity index is 614. The SMILES string of the molecule is CC(=O)NCCC(O)C(O)c1ccc2nc(N)sc2c1. The maximum absolute atomic E-state index is 10.7. The second kappa shape index (κ2) is 6.17. The van der Waals surface area contributed by atoms with Crippen molar-refractivity contribution in [2.45, 2.75) is 25.6 Å². The van der Waals surface area contributed by atoms with E-state index >= 15 is 0 Å². The van der Waals surface area contributed by atoms with Crippen LogP contribution >= 0.6 is 11.3 Å². The highest BCUT2D eigenvalue weighted by molar-refractivity contribution is 7.22. The summed E-state index contributed by atoms with van der Waals surface area (Å²) in [6, 6.07) is 5.25. The number of nitrogens with zero attached hydrogens (tertiary/aromatic N) is 1. The molecule has 5 N–H and O–H groups in total. The topological polar surface area (TPSA) is 108 Å². The fourth-order valence-corrected chi connectivity index (χ4v) is 2.70. The third-order valence-electron chi connectivity index (χ3n) is 2.95. The molecular weight excluding hydrogens is 278 g/mol. The maximum atomic E-state index is 10.7. The second-order valence-corrected chi connectivity index (χ2v) is 5.63. The summed E-state index contributed by atoms with van der Waals surface area (Å²) in [7, 11) is 0. The number of benzene rings is 1. The molecule has 0 saturated heterocycles. The van der Waals surface area contributed by atoms with Crippen molar-refractivity contribution in [3.8, 4) is 0 Å². The van der Waals surface area contributed by atoms with Gasteiger partial charge in [-0.1, -0.05) is 17.4 Å². The molecule has 1 amide bonds. The van der Waals surface area contributed by atoms with Crippen molar-refractivity contribution in [1.29, 1.82) is 0 Å². The van der Waals surface area contributed by atoms with Crippen LogP contribution in [-0.2, 0) is 4.79 Å². The number of carbonyl (C=O) groups excluding carboxylic acids is 1. The number of aliphatic hydroxyl groups is 2. The van der Waals surface area contributed by atoms with Crippen LogP contribution in [-0.4, -0.2) is 33.8 Å². The van der Waals surface area contributed by atoms with E-state index in [0.29, 0.717) is 17.2 Å². The molecule has 2 atom stereocenters. The van der Waals surface area contributed by atoms with Crippen LogP contribution in [0.2, 0.25) is 0 Å². The third kappa shape index (κ3) is 3.44. The number of aliphatic hydroxyl groups excluding tert-OH is 2. The molecule has 1 heterocycles. The molecule has 0 aliphatic rings. The monoisotopic (exact) mass is 295 g/mol. The number of nitrogens with one attached hydrogen (secondary N) is 1. The van der Waals surface area contributed by atoms with Crippen molar-refractivity contribution in [2.24, 2.45) is 0 Å². The highest BCUT2D eigenvalue weighted by Crippen LogP contribution is 2.28. The lowest BCUT2D eigenvalue weighted by atomic mass is 10.0. The summed E-state index contributed by atoms with van der Waals surface area (Å²) < 4.78 is 0.869. The van der Waals surface area contributed by atoms with E-state index in [-0.39, 0.29) is 12.3 Å². The molecule has 2 unspecified atom stereocenters. The quantitative estimate of drug-likeness (QED) is 0.652. The minimum Gasteiger partial charge on any atom is -0.390 e. The van der Waals surface area contributed by atoms with Crippen molar-refractivity contribution in [3.05, 3.63) is 23.8 Å². The van der Waals surface area contributed by atoms with Crippen LogP contribution in [0.25, 0.3) is 10.2 Å². The van der Waals surface area contributed by atoms with Gasteiger partial charge in [0.2, 0.25) is 5.91 Å². The molecule has 6 nitrogen and oxygen atoms in total. The molecular formula is C13H17N3O3S. The van der Waals surface area contributed by atoms with Gasteiger partial charge in [0, 0.05) is 13.5 Å². The zero-order valence-corrected chi connectivity index (χ0v) is 11.9. The first kappa shape index (κ1) is 14.7. The molecule has 2 rings (SSSR count). The summed E-state index contributed by atoms with van der Waals surface area (Å²) >= 11 is 1.33. The first-order valence-electron chi connectivity index (χ1n) is 6.24. The van der Waals surface area contributed by atoms with Crippen molar-refractivity contribution < 1.29 is 15.0 Å². The predicted octanol–water partition coefficient (Wildman–Crippen LogP) is 0.799. The molecule has 7 heteroatoms. The molecule has 1 aromatic carbocycles. The standard InChI is InChI=1S/C13H17N3O3S/c1-7(17)15-5-4-10(18)12(19)8-2-3-9-11(6-8)20-13(14)16-9/h2-3,6,10,12,18-19H,4-5H2,1H3,(H2,14,16)(H,15,17). The number of rotatable bonds is 5. The van der Waals surface area contributed by atoms with Crippen LogP contribution in [0, 0.1) is 0 Å². The van der Waals surface area contributed by atoms with Gasteiger partial charge in [0.25, 0.3) is 0 Å². The first-order valence-corrected chi connectivity index (χ1v) is 7.05. The smallest absolute Gasteiger partial charge is 0.216 e. The van der Waals surface area contributed by atoms with E-state index in [0.717, 1.165) is 10.2 Å². The molecule has 20 heavy (non-hydrogen) atoms. The Hall–Kier alpha value is -1.70. The zero-order chi connectivity index (χ0) is 14.7. The van der Waals surface area contributed by atoms with Crippen molar-refractivity contribution >= 4 is 32.6 Å². The number of carbonyl (C=O) groups is 1. The Balaban J connectivity index is 2.05.